The SMILES string of the molecule is CCOCCCN(CC(=O)N(Cc1ccccc1)Cc1ccc(C)s1)C(=O)Nc1ccc(C)cc1C. The lowest BCUT2D eigenvalue weighted by Crippen LogP contribution is -2.44. The van der Waals surface area contributed by atoms with Gasteiger partial charge in [0, 0.05) is 41.7 Å². The molecule has 3 amide bonds. The van der Waals surface area contributed by atoms with Crippen molar-refractivity contribution in [3.05, 3.63) is 87.1 Å². The summed E-state index contributed by atoms with van der Waals surface area (Å²) in [5.74, 6) is -0.0860. The van der Waals surface area contributed by atoms with Gasteiger partial charge in [0.25, 0.3) is 0 Å². The highest BCUT2D eigenvalue weighted by Crippen LogP contribution is 2.20. The third-order valence-electron chi connectivity index (χ3n) is 5.87. The summed E-state index contributed by atoms with van der Waals surface area (Å²) < 4.78 is 5.47. The second kappa shape index (κ2) is 13.8. The molecule has 192 valence electrons. The molecule has 0 radical (unpaired) electrons. The third kappa shape index (κ3) is 8.50. The van der Waals surface area contributed by atoms with Crippen molar-refractivity contribution in [2.45, 2.75) is 47.2 Å². The Bertz CT molecular complexity index is 1130. The number of carbonyl (C=O) groups excluding carboxylic acids is 2. The highest BCUT2D eigenvalue weighted by Gasteiger charge is 2.22. The minimum absolute atomic E-state index is 0.0000578. The summed E-state index contributed by atoms with van der Waals surface area (Å²) in [5, 5.41) is 3.00. The number of hydrogen-bond donors (Lipinski definition) is 1. The van der Waals surface area contributed by atoms with Gasteiger partial charge in [0.05, 0.1) is 6.54 Å². The summed E-state index contributed by atoms with van der Waals surface area (Å²) in [6.07, 6.45) is 0.657. The van der Waals surface area contributed by atoms with Crippen molar-refractivity contribution < 1.29 is 14.3 Å². The summed E-state index contributed by atoms with van der Waals surface area (Å²) in [5.41, 5.74) is 3.93. The van der Waals surface area contributed by atoms with Crippen molar-refractivity contribution >= 4 is 29.0 Å². The summed E-state index contributed by atoms with van der Waals surface area (Å²) in [4.78, 5) is 32.7. The first-order chi connectivity index (χ1) is 17.4. The van der Waals surface area contributed by atoms with Crippen LogP contribution in [0.25, 0.3) is 0 Å². The van der Waals surface area contributed by atoms with Crippen molar-refractivity contribution in [3.8, 4) is 0 Å². The second-order valence-electron chi connectivity index (χ2n) is 8.97. The van der Waals surface area contributed by atoms with Crippen molar-refractivity contribution in [1.82, 2.24) is 9.80 Å². The molecule has 0 aliphatic carbocycles. The quantitative estimate of drug-likeness (QED) is 0.299. The molecule has 2 aromatic carbocycles. The fourth-order valence-corrected chi connectivity index (χ4v) is 4.87. The van der Waals surface area contributed by atoms with Gasteiger partial charge in [-0.2, -0.15) is 0 Å². The fourth-order valence-electron chi connectivity index (χ4n) is 3.96. The van der Waals surface area contributed by atoms with E-state index < -0.39 is 0 Å². The zero-order valence-electron chi connectivity index (χ0n) is 21.8. The normalized spacial score (nSPS) is 10.8. The highest BCUT2D eigenvalue weighted by atomic mass is 32.1. The Morgan fingerprint density at radius 2 is 1.72 bits per heavy atom. The van der Waals surface area contributed by atoms with Gasteiger partial charge < -0.3 is 19.9 Å². The Morgan fingerprint density at radius 1 is 0.944 bits per heavy atom. The van der Waals surface area contributed by atoms with Gasteiger partial charge in [-0.3, -0.25) is 4.79 Å². The minimum atomic E-state index is -0.279. The molecule has 3 aromatic rings. The lowest BCUT2D eigenvalue weighted by Gasteiger charge is -2.28. The van der Waals surface area contributed by atoms with E-state index in [1.54, 1.807) is 16.2 Å². The van der Waals surface area contributed by atoms with Gasteiger partial charge in [0.15, 0.2) is 0 Å². The molecule has 0 unspecified atom stereocenters. The van der Waals surface area contributed by atoms with Crippen LogP contribution in [0.4, 0.5) is 10.5 Å². The topological polar surface area (TPSA) is 61.9 Å². The molecule has 0 spiro atoms. The molecule has 0 saturated heterocycles. The number of benzene rings is 2. The van der Waals surface area contributed by atoms with Gasteiger partial charge >= 0.3 is 6.03 Å². The summed E-state index contributed by atoms with van der Waals surface area (Å²) in [6, 6.07) is 19.7. The third-order valence-corrected chi connectivity index (χ3v) is 6.85. The zero-order valence-corrected chi connectivity index (χ0v) is 22.6. The molecule has 1 N–H and O–H groups in total. The van der Waals surface area contributed by atoms with Crippen LogP contribution in [0.5, 0.6) is 0 Å². The number of nitrogens with zero attached hydrogens (tertiary/aromatic N) is 2. The van der Waals surface area contributed by atoms with E-state index in [9.17, 15) is 9.59 Å². The molecule has 0 atom stereocenters. The first-order valence-corrected chi connectivity index (χ1v) is 13.2. The minimum Gasteiger partial charge on any atom is -0.382 e. The largest absolute Gasteiger partial charge is 0.382 e. The van der Waals surface area contributed by atoms with Crippen LogP contribution in [0.3, 0.4) is 0 Å². The molecular formula is C29H37N3O3S. The number of carbonyl (C=O) groups is 2. The molecule has 0 aliphatic rings. The number of nitrogens with one attached hydrogen (secondary N) is 1. The molecule has 1 aromatic heterocycles. The molecule has 7 heteroatoms. The number of amides is 3. The van der Waals surface area contributed by atoms with E-state index in [0.717, 1.165) is 27.3 Å². The molecule has 3 rings (SSSR count). The van der Waals surface area contributed by atoms with Crippen LogP contribution >= 0.6 is 11.3 Å². The smallest absolute Gasteiger partial charge is 0.322 e. The van der Waals surface area contributed by atoms with Crippen molar-refractivity contribution in [2.75, 3.05) is 31.6 Å². The van der Waals surface area contributed by atoms with E-state index in [0.29, 0.717) is 39.3 Å². The van der Waals surface area contributed by atoms with Crippen LogP contribution in [0.2, 0.25) is 0 Å². The van der Waals surface area contributed by atoms with E-state index in [1.165, 1.54) is 4.88 Å². The van der Waals surface area contributed by atoms with E-state index in [2.05, 4.69) is 24.4 Å². The Labute approximate surface area is 218 Å². The molecule has 0 fully saturated rings. The van der Waals surface area contributed by atoms with Crippen LogP contribution < -0.4 is 5.32 Å². The maximum Gasteiger partial charge on any atom is 0.322 e. The molecule has 1 heterocycles. The maximum atomic E-state index is 13.6. The van der Waals surface area contributed by atoms with E-state index >= 15 is 0 Å². The van der Waals surface area contributed by atoms with Crippen LogP contribution in [0.1, 0.15) is 39.8 Å². The molecule has 36 heavy (non-hydrogen) atoms. The van der Waals surface area contributed by atoms with Crippen LogP contribution in [-0.4, -0.2) is 48.0 Å². The Morgan fingerprint density at radius 3 is 2.39 bits per heavy atom. The maximum absolute atomic E-state index is 13.6. The Hall–Kier alpha value is -3.16. The summed E-state index contributed by atoms with van der Waals surface area (Å²) >= 11 is 1.69. The lowest BCUT2D eigenvalue weighted by molar-refractivity contribution is -0.133. The monoisotopic (exact) mass is 507 g/mol. The first kappa shape index (κ1) is 27.4. The Kier molecular flexibility index (Phi) is 10.5. The van der Waals surface area contributed by atoms with Gasteiger partial charge in [-0.1, -0.05) is 48.0 Å². The predicted molar refractivity (Wildman–Crippen MR) is 147 cm³/mol. The van der Waals surface area contributed by atoms with Crippen LogP contribution in [-0.2, 0) is 22.6 Å². The van der Waals surface area contributed by atoms with Gasteiger partial charge in [-0.05, 0) is 63.4 Å². The standard InChI is InChI=1S/C29H37N3O3S/c1-5-35-17-9-16-31(29(34)30-27-15-12-22(2)18-23(27)3)21-28(33)32(19-25-10-7-6-8-11-25)20-26-14-13-24(4)36-26/h6-8,10-15,18H,5,9,16-17,19-21H2,1-4H3,(H,30,34). The number of ether oxygens (including phenoxy) is 1. The van der Waals surface area contributed by atoms with E-state index in [1.807, 2.05) is 74.2 Å². The molecular weight excluding hydrogens is 470 g/mol. The number of anilines is 1. The summed E-state index contributed by atoms with van der Waals surface area (Å²) in [7, 11) is 0. The average Bonchev–Trinajstić information content (AvgIpc) is 3.27. The van der Waals surface area contributed by atoms with Gasteiger partial charge in [0.2, 0.25) is 5.91 Å². The lowest BCUT2D eigenvalue weighted by atomic mass is 10.1. The van der Waals surface area contributed by atoms with Crippen LogP contribution in [0, 0.1) is 20.8 Å². The van der Waals surface area contributed by atoms with Crippen molar-refractivity contribution in [1.29, 1.82) is 0 Å². The average molecular weight is 508 g/mol. The Balaban J connectivity index is 1.76. The second-order valence-corrected chi connectivity index (χ2v) is 10.3. The molecule has 0 bridgehead atoms. The first-order valence-electron chi connectivity index (χ1n) is 12.4. The number of aryl methyl sites for hydroxylation is 3. The number of urea groups is 1. The number of thiophene rings is 1. The van der Waals surface area contributed by atoms with Gasteiger partial charge in [-0.25, -0.2) is 4.79 Å². The van der Waals surface area contributed by atoms with Gasteiger partial charge in [0.1, 0.15) is 6.54 Å². The van der Waals surface area contributed by atoms with E-state index in [-0.39, 0.29) is 18.5 Å². The molecule has 0 saturated carbocycles. The fraction of sp³-hybridized carbons (Fsp3) is 0.379. The highest BCUT2D eigenvalue weighted by molar-refractivity contribution is 7.11. The van der Waals surface area contributed by atoms with Crippen molar-refractivity contribution in [2.24, 2.45) is 0 Å². The number of hydrogen-bond acceptors (Lipinski definition) is 4. The van der Waals surface area contributed by atoms with Crippen LogP contribution in [0.15, 0.2) is 60.7 Å². The molecule has 0 aliphatic heterocycles. The van der Waals surface area contributed by atoms with Gasteiger partial charge in [-0.15, -0.1) is 11.3 Å². The zero-order chi connectivity index (χ0) is 25.9. The van der Waals surface area contributed by atoms with Crippen molar-refractivity contribution in [3.63, 3.8) is 0 Å². The predicted octanol–water partition coefficient (Wildman–Crippen LogP) is 6.16. The number of rotatable bonds is 12. The molecule has 6 nitrogen and oxygen atoms in total. The summed E-state index contributed by atoms with van der Waals surface area (Å²) in [6.45, 7) is 10.6. The van der Waals surface area contributed by atoms with E-state index in [4.69, 9.17) is 4.74 Å².